The van der Waals surface area contributed by atoms with Gasteiger partial charge in [0.05, 0.1) is 24.3 Å². The van der Waals surface area contributed by atoms with E-state index in [2.05, 4.69) is 21.4 Å². The van der Waals surface area contributed by atoms with E-state index in [-0.39, 0.29) is 0 Å². The van der Waals surface area contributed by atoms with Gasteiger partial charge in [-0.25, -0.2) is 9.97 Å². The van der Waals surface area contributed by atoms with Crippen LogP contribution in [0.3, 0.4) is 0 Å². The lowest BCUT2D eigenvalue weighted by Crippen LogP contribution is -2.04. The fourth-order valence-electron chi connectivity index (χ4n) is 2.38. The third-order valence-electron chi connectivity index (χ3n) is 3.56. The van der Waals surface area contributed by atoms with Crippen LogP contribution >= 0.6 is 0 Å². The van der Waals surface area contributed by atoms with Gasteiger partial charge in [0.25, 0.3) is 0 Å². The molecule has 1 heterocycles. The Hall–Kier alpha value is -3.13. The molecule has 5 heteroatoms. The molecule has 0 unspecified atom stereocenters. The molecule has 5 nitrogen and oxygen atoms in total. The molecule has 0 aliphatic rings. The zero-order valence-electron chi connectivity index (χ0n) is 13.0. The molecule has 0 atom stereocenters. The van der Waals surface area contributed by atoms with Crippen molar-refractivity contribution in [2.24, 2.45) is 0 Å². The van der Waals surface area contributed by atoms with E-state index < -0.39 is 0 Å². The highest BCUT2D eigenvalue weighted by Gasteiger charge is 2.07. The molecule has 0 fully saturated rings. The van der Waals surface area contributed by atoms with Crippen molar-refractivity contribution in [2.45, 2.75) is 13.5 Å². The number of hydrogen-bond donors (Lipinski definition) is 1. The van der Waals surface area contributed by atoms with E-state index in [0.29, 0.717) is 17.9 Å². The Morgan fingerprint density at radius 3 is 2.61 bits per heavy atom. The molecular weight excluding hydrogens is 288 g/mol. The number of hydrogen-bond acceptors (Lipinski definition) is 5. The lowest BCUT2D eigenvalue weighted by Gasteiger charge is -2.10. The number of nitrogens with one attached hydrogen (secondary N) is 1. The number of ether oxygens (including phenoxy) is 1. The molecule has 114 valence electrons. The summed E-state index contributed by atoms with van der Waals surface area (Å²) in [5.41, 5.74) is 2.54. The number of aryl methyl sites for hydroxylation is 1. The molecule has 23 heavy (non-hydrogen) atoms. The first-order valence-electron chi connectivity index (χ1n) is 7.25. The molecule has 1 aromatic heterocycles. The van der Waals surface area contributed by atoms with Gasteiger partial charge in [-0.15, -0.1) is 0 Å². The summed E-state index contributed by atoms with van der Waals surface area (Å²) in [7, 11) is 1.65. The lowest BCUT2D eigenvalue weighted by molar-refractivity contribution is 0.414. The molecule has 1 N–H and O–H groups in total. The highest BCUT2D eigenvalue weighted by Crippen LogP contribution is 2.22. The molecule has 0 bridgehead atoms. The molecule has 0 saturated carbocycles. The second-order valence-electron chi connectivity index (χ2n) is 5.16. The highest BCUT2D eigenvalue weighted by molar-refractivity contribution is 5.90. The summed E-state index contributed by atoms with van der Waals surface area (Å²) in [4.78, 5) is 8.88. The third-order valence-corrected chi connectivity index (χ3v) is 3.56. The summed E-state index contributed by atoms with van der Waals surface area (Å²) in [5.74, 6) is 2.26. The van der Waals surface area contributed by atoms with Crippen molar-refractivity contribution in [1.29, 1.82) is 5.26 Å². The molecule has 3 rings (SSSR count). The van der Waals surface area contributed by atoms with Crippen molar-refractivity contribution in [3.05, 3.63) is 59.4 Å². The Morgan fingerprint density at radius 1 is 1.13 bits per heavy atom. The normalized spacial score (nSPS) is 10.3. The number of aromatic nitrogens is 2. The number of benzene rings is 2. The van der Waals surface area contributed by atoms with E-state index in [0.717, 1.165) is 28.0 Å². The first-order valence-corrected chi connectivity index (χ1v) is 7.25. The average Bonchev–Trinajstić information content (AvgIpc) is 2.59. The topological polar surface area (TPSA) is 70.8 Å². The molecule has 0 saturated heterocycles. The highest BCUT2D eigenvalue weighted by atomic mass is 16.5. The fraction of sp³-hybridized carbons (Fsp3) is 0.167. The quantitative estimate of drug-likeness (QED) is 0.799. The van der Waals surface area contributed by atoms with Gasteiger partial charge in [0.15, 0.2) is 0 Å². The summed E-state index contributed by atoms with van der Waals surface area (Å²) >= 11 is 0. The van der Waals surface area contributed by atoms with E-state index in [1.54, 1.807) is 13.2 Å². The van der Waals surface area contributed by atoms with Crippen molar-refractivity contribution in [2.75, 3.05) is 12.4 Å². The fourth-order valence-corrected chi connectivity index (χ4v) is 2.38. The summed E-state index contributed by atoms with van der Waals surface area (Å²) in [6.45, 7) is 2.49. The minimum atomic E-state index is 0.595. The molecule has 0 spiro atoms. The monoisotopic (exact) mass is 304 g/mol. The van der Waals surface area contributed by atoms with E-state index in [4.69, 9.17) is 10.00 Å². The Kier molecular flexibility index (Phi) is 4.07. The van der Waals surface area contributed by atoms with Crippen molar-refractivity contribution >= 4 is 16.7 Å². The van der Waals surface area contributed by atoms with Gasteiger partial charge in [0.1, 0.15) is 17.4 Å². The smallest absolute Gasteiger partial charge is 0.137 e. The van der Waals surface area contributed by atoms with Gasteiger partial charge in [0, 0.05) is 11.9 Å². The van der Waals surface area contributed by atoms with Crippen LogP contribution in [0.2, 0.25) is 0 Å². The van der Waals surface area contributed by atoms with Crippen LogP contribution in [0.15, 0.2) is 42.5 Å². The maximum Gasteiger partial charge on any atom is 0.137 e. The van der Waals surface area contributed by atoms with Gasteiger partial charge in [-0.1, -0.05) is 12.1 Å². The van der Waals surface area contributed by atoms with Gasteiger partial charge in [-0.05, 0) is 42.8 Å². The number of anilines is 1. The van der Waals surface area contributed by atoms with Crippen molar-refractivity contribution in [3.8, 4) is 11.8 Å². The number of rotatable bonds is 4. The first kappa shape index (κ1) is 14.8. The predicted octanol–water partition coefficient (Wildman–Crippen LogP) is 3.43. The Bertz CT molecular complexity index is 882. The van der Waals surface area contributed by atoms with Crippen LogP contribution in [-0.2, 0) is 6.54 Å². The maximum absolute atomic E-state index is 9.08. The molecule has 3 aromatic rings. The summed E-state index contributed by atoms with van der Waals surface area (Å²) in [6, 6.07) is 15.4. The van der Waals surface area contributed by atoms with E-state index in [1.807, 2.05) is 43.3 Å². The largest absolute Gasteiger partial charge is 0.497 e. The van der Waals surface area contributed by atoms with Crippen LogP contribution in [0.25, 0.3) is 10.9 Å². The molecular formula is C18H16N4O. The summed E-state index contributed by atoms with van der Waals surface area (Å²) in [6.07, 6.45) is 0. The maximum atomic E-state index is 9.08. The molecule has 0 aliphatic heterocycles. The second kappa shape index (κ2) is 6.32. The van der Waals surface area contributed by atoms with E-state index in [9.17, 15) is 0 Å². The standard InChI is InChI=1S/C18H16N4O/c1-12-21-17-8-5-14(10-19)9-16(17)18(22-12)20-11-13-3-6-15(23-2)7-4-13/h3-9H,11H2,1-2H3,(H,20,21,22). The van der Waals surface area contributed by atoms with Crippen molar-refractivity contribution < 1.29 is 4.74 Å². The van der Waals surface area contributed by atoms with Gasteiger partial charge in [-0.3, -0.25) is 0 Å². The first-order chi connectivity index (χ1) is 11.2. The second-order valence-corrected chi connectivity index (χ2v) is 5.16. The minimum absolute atomic E-state index is 0.595. The molecule has 0 radical (unpaired) electrons. The Morgan fingerprint density at radius 2 is 1.91 bits per heavy atom. The molecule has 0 aliphatic carbocycles. The van der Waals surface area contributed by atoms with Crippen LogP contribution in [0.5, 0.6) is 5.75 Å². The summed E-state index contributed by atoms with van der Waals surface area (Å²) in [5, 5.41) is 13.3. The van der Waals surface area contributed by atoms with E-state index >= 15 is 0 Å². The van der Waals surface area contributed by atoms with Crippen molar-refractivity contribution in [1.82, 2.24) is 9.97 Å². The zero-order chi connectivity index (χ0) is 16.2. The average molecular weight is 304 g/mol. The molecule has 2 aromatic carbocycles. The zero-order valence-corrected chi connectivity index (χ0v) is 13.0. The van der Waals surface area contributed by atoms with Crippen LogP contribution in [-0.4, -0.2) is 17.1 Å². The molecule has 0 amide bonds. The van der Waals surface area contributed by atoms with Crippen LogP contribution in [0.4, 0.5) is 5.82 Å². The van der Waals surface area contributed by atoms with Crippen LogP contribution < -0.4 is 10.1 Å². The van der Waals surface area contributed by atoms with Crippen LogP contribution in [0, 0.1) is 18.3 Å². The van der Waals surface area contributed by atoms with Gasteiger partial charge < -0.3 is 10.1 Å². The Labute approximate surface area is 134 Å². The lowest BCUT2D eigenvalue weighted by atomic mass is 10.1. The van der Waals surface area contributed by atoms with E-state index in [1.165, 1.54) is 0 Å². The number of fused-ring (bicyclic) bond motifs is 1. The van der Waals surface area contributed by atoms with Crippen molar-refractivity contribution in [3.63, 3.8) is 0 Å². The Balaban J connectivity index is 1.90. The minimum Gasteiger partial charge on any atom is -0.497 e. The SMILES string of the molecule is COc1ccc(CNc2nc(C)nc3ccc(C#N)cc23)cc1. The summed E-state index contributed by atoms with van der Waals surface area (Å²) < 4.78 is 5.16. The number of methoxy groups -OCH3 is 1. The van der Waals surface area contributed by atoms with Crippen LogP contribution in [0.1, 0.15) is 17.0 Å². The predicted molar refractivity (Wildman–Crippen MR) is 89.3 cm³/mol. The van der Waals surface area contributed by atoms with Gasteiger partial charge in [-0.2, -0.15) is 5.26 Å². The third kappa shape index (κ3) is 3.22. The van der Waals surface area contributed by atoms with Gasteiger partial charge >= 0.3 is 0 Å². The van der Waals surface area contributed by atoms with Gasteiger partial charge in [0.2, 0.25) is 0 Å². The number of nitriles is 1. The number of nitrogens with zero attached hydrogens (tertiary/aromatic N) is 3.